The quantitative estimate of drug-likeness (QED) is 0.524. The van der Waals surface area contributed by atoms with E-state index in [1.54, 1.807) is 0 Å². The molecule has 0 spiro atoms. The monoisotopic (exact) mass is 153 g/mol. The van der Waals surface area contributed by atoms with Crippen LogP contribution in [0.4, 0.5) is 4.79 Å². The number of amides is 3. The Labute approximate surface area is 63.4 Å². The summed E-state index contributed by atoms with van der Waals surface area (Å²) in [4.78, 5) is 21.3. The number of carbonyl (C=O) groups excluding carboxylic acids is 2. The van der Waals surface area contributed by atoms with Gasteiger partial charge in [0.1, 0.15) is 6.04 Å². The molecule has 1 saturated heterocycles. The number of nitriles is 1. The van der Waals surface area contributed by atoms with E-state index in [-0.39, 0.29) is 12.3 Å². The van der Waals surface area contributed by atoms with Crippen LogP contribution in [-0.2, 0) is 4.79 Å². The fourth-order valence-corrected chi connectivity index (χ4v) is 0.871. The van der Waals surface area contributed by atoms with E-state index in [2.05, 4.69) is 10.6 Å². The van der Waals surface area contributed by atoms with Crippen molar-refractivity contribution in [3.63, 3.8) is 0 Å². The molecule has 0 aromatic carbocycles. The second kappa shape index (κ2) is 3.01. The van der Waals surface area contributed by atoms with Crippen LogP contribution in [0.5, 0.6) is 0 Å². The molecule has 1 rings (SSSR count). The van der Waals surface area contributed by atoms with Crippen molar-refractivity contribution < 1.29 is 9.59 Å². The molecule has 0 bridgehead atoms. The van der Waals surface area contributed by atoms with E-state index < -0.39 is 12.1 Å². The predicted octanol–water partition coefficient (Wildman–Crippen LogP) is -0.502. The first-order chi connectivity index (χ1) is 5.24. The molecule has 0 aromatic rings. The summed E-state index contributed by atoms with van der Waals surface area (Å²) in [5.74, 6) is -0.342. The van der Waals surface area contributed by atoms with E-state index in [4.69, 9.17) is 5.26 Å². The van der Waals surface area contributed by atoms with Gasteiger partial charge < -0.3 is 5.32 Å². The predicted molar refractivity (Wildman–Crippen MR) is 35.3 cm³/mol. The fraction of sp³-hybridized carbons (Fsp3) is 0.500. The molecule has 11 heavy (non-hydrogen) atoms. The molecule has 58 valence electrons. The van der Waals surface area contributed by atoms with Crippen LogP contribution >= 0.6 is 0 Å². The van der Waals surface area contributed by atoms with Crippen molar-refractivity contribution >= 4 is 11.9 Å². The van der Waals surface area contributed by atoms with Crippen LogP contribution in [0.25, 0.3) is 0 Å². The number of hydrogen-bond acceptors (Lipinski definition) is 3. The van der Waals surface area contributed by atoms with E-state index in [0.717, 1.165) is 0 Å². The summed E-state index contributed by atoms with van der Waals surface area (Å²) in [6.07, 6.45) is 0.659. The van der Waals surface area contributed by atoms with Gasteiger partial charge in [0.2, 0.25) is 0 Å². The van der Waals surface area contributed by atoms with Gasteiger partial charge in [-0.05, 0) is 6.42 Å². The lowest BCUT2D eigenvalue weighted by Gasteiger charge is -2.00. The normalized spacial score (nSPS) is 22.3. The van der Waals surface area contributed by atoms with Gasteiger partial charge in [-0.15, -0.1) is 0 Å². The van der Waals surface area contributed by atoms with Crippen LogP contribution in [0.3, 0.4) is 0 Å². The zero-order valence-electron chi connectivity index (χ0n) is 5.76. The van der Waals surface area contributed by atoms with Gasteiger partial charge in [-0.3, -0.25) is 10.1 Å². The zero-order chi connectivity index (χ0) is 8.27. The number of rotatable bonds is 2. The third-order valence-electron chi connectivity index (χ3n) is 1.40. The highest BCUT2D eigenvalue weighted by Gasteiger charge is 2.28. The maximum atomic E-state index is 10.8. The highest BCUT2D eigenvalue weighted by molar-refractivity contribution is 6.04. The van der Waals surface area contributed by atoms with Crippen molar-refractivity contribution in [1.82, 2.24) is 10.6 Å². The van der Waals surface area contributed by atoms with Gasteiger partial charge in [-0.25, -0.2) is 4.79 Å². The molecule has 1 aliphatic rings. The molecule has 0 unspecified atom stereocenters. The van der Waals surface area contributed by atoms with Crippen molar-refractivity contribution in [3.05, 3.63) is 0 Å². The summed E-state index contributed by atoms with van der Waals surface area (Å²) < 4.78 is 0. The molecule has 2 N–H and O–H groups in total. The van der Waals surface area contributed by atoms with Gasteiger partial charge in [0.25, 0.3) is 5.91 Å². The molecule has 0 aliphatic carbocycles. The molecule has 1 fully saturated rings. The highest BCUT2D eigenvalue weighted by atomic mass is 16.2. The zero-order valence-corrected chi connectivity index (χ0v) is 5.76. The first kappa shape index (κ1) is 7.54. The molecule has 5 heteroatoms. The van der Waals surface area contributed by atoms with Gasteiger partial charge in [-0.1, -0.05) is 0 Å². The van der Waals surface area contributed by atoms with Gasteiger partial charge in [-0.2, -0.15) is 5.26 Å². The topological polar surface area (TPSA) is 82.0 Å². The third kappa shape index (κ3) is 1.67. The van der Waals surface area contributed by atoms with Crippen LogP contribution in [0, 0.1) is 11.3 Å². The molecule has 0 radical (unpaired) electrons. The van der Waals surface area contributed by atoms with Crippen molar-refractivity contribution in [2.75, 3.05) is 0 Å². The molecule has 0 aromatic heterocycles. The number of carbonyl (C=O) groups is 2. The van der Waals surface area contributed by atoms with Gasteiger partial charge in [0.05, 0.1) is 6.07 Å². The molecule has 5 nitrogen and oxygen atoms in total. The van der Waals surface area contributed by atoms with E-state index in [0.29, 0.717) is 6.42 Å². The summed E-state index contributed by atoms with van der Waals surface area (Å²) in [5.41, 5.74) is 0. The summed E-state index contributed by atoms with van der Waals surface area (Å²) in [6.45, 7) is 0. The molecule has 1 aliphatic heterocycles. The summed E-state index contributed by atoms with van der Waals surface area (Å²) in [5, 5.41) is 12.6. The summed E-state index contributed by atoms with van der Waals surface area (Å²) in [7, 11) is 0. The third-order valence-corrected chi connectivity index (χ3v) is 1.40. The molecular formula is C6H7N3O2. The highest BCUT2D eigenvalue weighted by Crippen LogP contribution is 2.00. The van der Waals surface area contributed by atoms with Gasteiger partial charge >= 0.3 is 6.03 Å². The van der Waals surface area contributed by atoms with Crippen LogP contribution in [-0.4, -0.2) is 18.0 Å². The van der Waals surface area contributed by atoms with Crippen molar-refractivity contribution in [2.45, 2.75) is 18.9 Å². The fourth-order valence-electron chi connectivity index (χ4n) is 0.871. The Kier molecular flexibility index (Phi) is 2.06. The largest absolute Gasteiger partial charge is 0.326 e. The van der Waals surface area contributed by atoms with Crippen LogP contribution in [0.1, 0.15) is 12.8 Å². The second-order valence-corrected chi connectivity index (χ2v) is 2.21. The maximum absolute atomic E-state index is 10.8. The molecular weight excluding hydrogens is 146 g/mol. The van der Waals surface area contributed by atoms with Crippen LogP contribution in [0.15, 0.2) is 0 Å². The number of nitrogens with one attached hydrogen (secondary N) is 2. The Morgan fingerprint density at radius 3 is 2.73 bits per heavy atom. The van der Waals surface area contributed by atoms with Gasteiger partial charge in [0.15, 0.2) is 0 Å². The first-order valence-electron chi connectivity index (χ1n) is 3.22. The summed E-state index contributed by atoms with van der Waals surface area (Å²) in [6, 6.07) is 0.913. The van der Waals surface area contributed by atoms with Crippen LogP contribution < -0.4 is 10.6 Å². The average Bonchev–Trinajstić information content (AvgIpc) is 2.26. The van der Waals surface area contributed by atoms with Crippen molar-refractivity contribution in [3.8, 4) is 6.07 Å². The lowest BCUT2D eigenvalue weighted by atomic mass is 10.2. The standard InChI is InChI=1S/C6H7N3O2/c7-3-1-2-4-5(10)9-6(11)8-4/h4H,1-2H2,(H2,8,9,10,11)/t4-/m0/s1. The minimum Gasteiger partial charge on any atom is -0.326 e. The van der Waals surface area contributed by atoms with Crippen LogP contribution in [0.2, 0.25) is 0 Å². The van der Waals surface area contributed by atoms with E-state index in [1.807, 2.05) is 6.07 Å². The first-order valence-corrected chi connectivity index (χ1v) is 3.22. The summed E-state index contributed by atoms with van der Waals surface area (Å²) >= 11 is 0. The Balaban J connectivity index is 2.42. The Bertz CT molecular complexity index is 230. The van der Waals surface area contributed by atoms with Gasteiger partial charge in [0, 0.05) is 6.42 Å². The minimum absolute atomic E-state index is 0.276. The molecule has 1 heterocycles. The Morgan fingerprint density at radius 2 is 2.27 bits per heavy atom. The molecule has 0 saturated carbocycles. The molecule has 1 atom stereocenters. The number of hydrogen-bond donors (Lipinski definition) is 2. The Hall–Kier alpha value is -1.57. The SMILES string of the molecule is N#CCC[C@@H]1NC(=O)NC1=O. The Morgan fingerprint density at radius 1 is 1.55 bits per heavy atom. The van der Waals surface area contributed by atoms with Crippen molar-refractivity contribution in [2.24, 2.45) is 0 Å². The number of nitrogens with zero attached hydrogens (tertiary/aromatic N) is 1. The van der Waals surface area contributed by atoms with E-state index in [9.17, 15) is 9.59 Å². The minimum atomic E-state index is -0.512. The lowest BCUT2D eigenvalue weighted by Crippen LogP contribution is -2.28. The second-order valence-electron chi connectivity index (χ2n) is 2.21. The lowest BCUT2D eigenvalue weighted by molar-refractivity contribution is -0.120. The number of imide groups is 1. The van der Waals surface area contributed by atoms with E-state index in [1.165, 1.54) is 0 Å². The maximum Gasteiger partial charge on any atom is 0.322 e. The van der Waals surface area contributed by atoms with E-state index >= 15 is 0 Å². The van der Waals surface area contributed by atoms with Crippen molar-refractivity contribution in [1.29, 1.82) is 5.26 Å². The smallest absolute Gasteiger partial charge is 0.322 e. The average molecular weight is 153 g/mol. The molecule has 3 amide bonds. The number of urea groups is 1.